The van der Waals surface area contributed by atoms with Crippen molar-refractivity contribution in [2.24, 2.45) is 0 Å². The number of nitriles is 2. The van der Waals surface area contributed by atoms with E-state index >= 15 is 0 Å². The predicted molar refractivity (Wildman–Crippen MR) is 137 cm³/mol. The fourth-order valence-electron chi connectivity index (χ4n) is 3.19. The molecular weight excluding hydrogens is 496 g/mol. The number of hydrogen-bond acceptors (Lipinski definition) is 8. The quantitative estimate of drug-likeness (QED) is 0.242. The first-order valence-corrected chi connectivity index (χ1v) is 11.8. The molecule has 4 aromatic heterocycles. The van der Waals surface area contributed by atoms with E-state index in [2.05, 4.69) is 9.97 Å². The molecule has 0 radical (unpaired) electrons. The molecule has 0 aliphatic rings. The molecule has 0 aromatic carbocycles. The summed E-state index contributed by atoms with van der Waals surface area (Å²) in [5.74, 6) is -2.54. The fourth-order valence-corrected chi connectivity index (χ4v) is 5.08. The lowest BCUT2D eigenvalue weighted by Crippen LogP contribution is -1.96. The number of hydrogen-bond donors (Lipinski definition) is 2. The monoisotopic (exact) mass is 510 g/mol. The molecule has 4 aromatic rings. The molecule has 10 heteroatoms. The van der Waals surface area contributed by atoms with E-state index in [9.17, 15) is 9.59 Å². The number of pyridine rings is 2. The van der Waals surface area contributed by atoms with Crippen LogP contribution < -0.4 is 0 Å². The van der Waals surface area contributed by atoms with Gasteiger partial charge in [-0.3, -0.25) is 9.97 Å². The van der Waals surface area contributed by atoms with Crippen LogP contribution in [0.2, 0.25) is 0 Å². The molecule has 0 amide bonds. The maximum absolute atomic E-state index is 11.1. The zero-order valence-electron chi connectivity index (χ0n) is 18.2. The van der Waals surface area contributed by atoms with Crippen molar-refractivity contribution in [2.45, 2.75) is 0 Å². The minimum absolute atomic E-state index is 0.334. The summed E-state index contributed by atoms with van der Waals surface area (Å²) in [6.07, 6.45) is 6.00. The summed E-state index contributed by atoms with van der Waals surface area (Å²) in [6, 6.07) is 18.0. The van der Waals surface area contributed by atoms with Crippen LogP contribution in [0.25, 0.3) is 44.4 Å². The second kappa shape index (κ2) is 10.6. The lowest BCUT2D eigenvalue weighted by Gasteiger charge is -2.05. The number of carbonyl (C=O) groups is 2. The van der Waals surface area contributed by atoms with Gasteiger partial charge in [0.15, 0.2) is 0 Å². The first-order valence-electron chi connectivity index (χ1n) is 10.2. The van der Waals surface area contributed by atoms with E-state index in [1.807, 2.05) is 36.4 Å². The summed E-state index contributed by atoms with van der Waals surface area (Å²) < 4.78 is 0. The summed E-state index contributed by atoms with van der Waals surface area (Å²) in [7, 11) is 0. The number of thiophene rings is 2. The van der Waals surface area contributed by atoms with Gasteiger partial charge < -0.3 is 10.2 Å². The Bertz CT molecular complexity index is 1510. The van der Waals surface area contributed by atoms with Crippen molar-refractivity contribution < 1.29 is 19.8 Å². The van der Waals surface area contributed by atoms with Crippen molar-refractivity contribution in [1.29, 1.82) is 10.5 Å². The van der Waals surface area contributed by atoms with Gasteiger partial charge in [0, 0.05) is 31.9 Å². The number of carboxylic acid groups (broad SMARTS) is 2. The summed E-state index contributed by atoms with van der Waals surface area (Å²) in [5.41, 5.74) is 2.34. The van der Waals surface area contributed by atoms with Crippen molar-refractivity contribution in [1.82, 2.24) is 9.97 Å². The Morgan fingerprint density at radius 2 is 1.14 bits per heavy atom. The van der Waals surface area contributed by atoms with Crippen LogP contribution in [-0.4, -0.2) is 32.1 Å². The van der Waals surface area contributed by atoms with Crippen LogP contribution in [0.3, 0.4) is 0 Å². The Morgan fingerprint density at radius 3 is 1.50 bits per heavy atom. The van der Waals surface area contributed by atoms with E-state index in [0.29, 0.717) is 21.1 Å². The summed E-state index contributed by atoms with van der Waals surface area (Å²) in [4.78, 5) is 34.1. The lowest BCUT2D eigenvalue weighted by atomic mass is 10.1. The van der Waals surface area contributed by atoms with Crippen molar-refractivity contribution in [2.75, 3.05) is 0 Å². The minimum atomic E-state index is -1.27. The molecule has 174 valence electrons. The van der Waals surface area contributed by atoms with Crippen LogP contribution in [0.4, 0.5) is 0 Å². The molecular formula is C26H14N4O4S2. The van der Waals surface area contributed by atoms with Gasteiger partial charge in [0.1, 0.15) is 23.3 Å². The molecule has 0 saturated carbocycles. The number of rotatable bonds is 7. The van der Waals surface area contributed by atoms with Gasteiger partial charge >= 0.3 is 11.9 Å². The third kappa shape index (κ3) is 5.42. The Morgan fingerprint density at radius 1 is 0.722 bits per heavy atom. The maximum atomic E-state index is 11.1. The van der Waals surface area contributed by atoms with E-state index in [1.165, 1.54) is 34.8 Å². The summed E-state index contributed by atoms with van der Waals surface area (Å²) in [6.45, 7) is 0. The molecule has 0 spiro atoms. The third-order valence-corrected chi connectivity index (χ3v) is 7.04. The highest BCUT2D eigenvalue weighted by molar-refractivity contribution is 7.16. The highest BCUT2D eigenvalue weighted by Gasteiger charge is 2.12. The molecule has 0 unspecified atom stereocenters. The van der Waals surface area contributed by atoms with Crippen molar-refractivity contribution >= 4 is 46.8 Å². The number of carboxylic acids is 2. The molecule has 4 rings (SSSR count). The van der Waals surface area contributed by atoms with E-state index in [0.717, 1.165) is 20.9 Å². The number of nitrogens with zero attached hydrogens (tertiary/aromatic N) is 4. The van der Waals surface area contributed by atoms with Crippen LogP contribution in [0.15, 0.2) is 72.1 Å². The topological polar surface area (TPSA) is 148 Å². The summed E-state index contributed by atoms with van der Waals surface area (Å²) >= 11 is 2.71. The first kappa shape index (κ1) is 24.2. The average molecular weight is 511 g/mol. The predicted octanol–water partition coefficient (Wildman–Crippen LogP) is 5.58. The molecule has 0 aliphatic carbocycles. The van der Waals surface area contributed by atoms with Gasteiger partial charge in [-0.05, 0) is 71.8 Å². The molecule has 0 fully saturated rings. The zero-order chi connectivity index (χ0) is 25.7. The van der Waals surface area contributed by atoms with E-state index in [1.54, 1.807) is 36.7 Å². The second-order valence-electron chi connectivity index (χ2n) is 7.21. The van der Waals surface area contributed by atoms with Gasteiger partial charge in [-0.15, -0.1) is 22.7 Å². The van der Waals surface area contributed by atoms with Crippen LogP contribution >= 0.6 is 22.7 Å². The molecule has 2 N–H and O–H groups in total. The molecule has 0 aliphatic heterocycles. The molecule has 8 nitrogen and oxygen atoms in total. The average Bonchev–Trinajstić information content (AvgIpc) is 3.55. The van der Waals surface area contributed by atoms with Gasteiger partial charge in [-0.2, -0.15) is 10.5 Å². The maximum Gasteiger partial charge on any atom is 0.346 e. The second-order valence-corrected chi connectivity index (χ2v) is 9.44. The van der Waals surface area contributed by atoms with Gasteiger partial charge in [-0.1, -0.05) is 0 Å². The third-order valence-electron chi connectivity index (χ3n) is 4.88. The Balaban J connectivity index is 1.63. The number of aromatic nitrogens is 2. The van der Waals surface area contributed by atoms with E-state index in [4.69, 9.17) is 20.7 Å². The van der Waals surface area contributed by atoms with Gasteiger partial charge in [0.05, 0.1) is 11.4 Å². The minimum Gasteiger partial charge on any atom is -0.477 e. The smallest absolute Gasteiger partial charge is 0.346 e. The normalized spacial score (nSPS) is 11.5. The Labute approximate surface area is 213 Å². The Kier molecular flexibility index (Phi) is 7.12. The summed E-state index contributed by atoms with van der Waals surface area (Å²) in [5, 5.41) is 36.1. The highest BCUT2D eigenvalue weighted by atomic mass is 32.1. The van der Waals surface area contributed by atoms with Gasteiger partial charge in [-0.25, -0.2) is 9.59 Å². The lowest BCUT2D eigenvalue weighted by molar-refractivity contribution is -0.133. The molecule has 4 heterocycles. The van der Waals surface area contributed by atoms with Crippen molar-refractivity contribution in [3.05, 3.63) is 81.8 Å². The molecule has 0 bridgehead atoms. The van der Waals surface area contributed by atoms with Crippen LogP contribution in [-0.2, 0) is 9.59 Å². The largest absolute Gasteiger partial charge is 0.477 e. The van der Waals surface area contributed by atoms with Crippen LogP contribution in [0.5, 0.6) is 0 Å². The Hall–Kier alpha value is -4.90. The van der Waals surface area contributed by atoms with E-state index < -0.39 is 11.9 Å². The molecule has 36 heavy (non-hydrogen) atoms. The van der Waals surface area contributed by atoms with E-state index in [-0.39, 0.29) is 11.1 Å². The van der Waals surface area contributed by atoms with Crippen LogP contribution in [0, 0.1) is 22.7 Å². The molecule has 0 saturated heterocycles. The first-order chi connectivity index (χ1) is 17.4. The molecule has 0 atom stereocenters. The van der Waals surface area contributed by atoms with Crippen molar-refractivity contribution in [3.63, 3.8) is 0 Å². The van der Waals surface area contributed by atoms with Gasteiger partial charge in [0.2, 0.25) is 0 Å². The number of aliphatic carboxylic acids is 2. The van der Waals surface area contributed by atoms with Crippen molar-refractivity contribution in [3.8, 4) is 44.4 Å². The highest BCUT2D eigenvalue weighted by Crippen LogP contribution is 2.33. The van der Waals surface area contributed by atoms with Crippen LogP contribution in [0.1, 0.15) is 9.75 Å². The SMILES string of the molecule is N#C/C(=C\c1ccc(-c2ccnc(-c3cc(-c4ccc(/C=C(\C#N)C(=O)O)s4)ccn3)c2)s1)C(=O)O. The standard InChI is InChI=1S/C26H14N4O4S2/c27-13-17(25(31)32)9-19-1-3-23(35-19)15-5-7-29-21(11-15)22-12-16(6-8-30-22)24-4-2-20(36-24)10-18(14-28)26(33)34/h1-12H,(H,31,32)(H,33,34)/b17-9+,18-10+. The fraction of sp³-hybridized carbons (Fsp3) is 0. The zero-order valence-corrected chi connectivity index (χ0v) is 19.9. The van der Waals surface area contributed by atoms with Gasteiger partial charge in [0.25, 0.3) is 0 Å².